The SMILES string of the molecule is NC(=S)C1CCCN(Cc2cncc(Br)c2)C1. The first-order chi connectivity index (χ1) is 8.15. The molecule has 1 atom stereocenters. The van der Waals surface area contributed by atoms with E-state index >= 15 is 0 Å². The van der Waals surface area contributed by atoms with Gasteiger partial charge in [-0.3, -0.25) is 9.88 Å². The van der Waals surface area contributed by atoms with Crippen molar-refractivity contribution < 1.29 is 0 Å². The van der Waals surface area contributed by atoms with Crippen LogP contribution in [0.2, 0.25) is 0 Å². The van der Waals surface area contributed by atoms with Crippen LogP contribution in [-0.4, -0.2) is 28.0 Å². The fourth-order valence-corrected chi connectivity index (χ4v) is 2.84. The summed E-state index contributed by atoms with van der Waals surface area (Å²) in [5, 5.41) is 0. The van der Waals surface area contributed by atoms with Gasteiger partial charge >= 0.3 is 0 Å². The Balaban J connectivity index is 1.97. The lowest BCUT2D eigenvalue weighted by Gasteiger charge is -2.32. The van der Waals surface area contributed by atoms with Gasteiger partial charge in [0.05, 0.1) is 4.99 Å². The van der Waals surface area contributed by atoms with Crippen molar-refractivity contribution in [3.63, 3.8) is 0 Å². The van der Waals surface area contributed by atoms with Gasteiger partial charge in [-0.2, -0.15) is 0 Å². The van der Waals surface area contributed by atoms with Gasteiger partial charge < -0.3 is 5.73 Å². The van der Waals surface area contributed by atoms with Gasteiger partial charge in [0, 0.05) is 35.9 Å². The largest absolute Gasteiger partial charge is 0.393 e. The molecule has 1 aromatic heterocycles. The summed E-state index contributed by atoms with van der Waals surface area (Å²) in [6.45, 7) is 3.01. The van der Waals surface area contributed by atoms with E-state index in [1.54, 1.807) is 6.20 Å². The van der Waals surface area contributed by atoms with Gasteiger partial charge in [-0.15, -0.1) is 0 Å². The highest BCUT2D eigenvalue weighted by molar-refractivity contribution is 9.10. The summed E-state index contributed by atoms with van der Waals surface area (Å²) in [7, 11) is 0. The topological polar surface area (TPSA) is 42.1 Å². The van der Waals surface area contributed by atoms with Crippen LogP contribution in [0.1, 0.15) is 18.4 Å². The van der Waals surface area contributed by atoms with E-state index in [2.05, 4.69) is 31.9 Å². The van der Waals surface area contributed by atoms with E-state index in [4.69, 9.17) is 18.0 Å². The molecule has 0 saturated carbocycles. The maximum Gasteiger partial charge on any atom is 0.0771 e. The number of nitrogens with zero attached hydrogens (tertiary/aromatic N) is 2. The predicted octanol–water partition coefficient (Wildman–Crippen LogP) is 2.34. The molecular formula is C12H16BrN3S. The van der Waals surface area contributed by atoms with E-state index in [1.165, 1.54) is 12.0 Å². The van der Waals surface area contributed by atoms with Gasteiger partial charge in [0.1, 0.15) is 0 Å². The molecule has 0 bridgehead atoms. The Bertz CT molecular complexity index is 410. The summed E-state index contributed by atoms with van der Waals surface area (Å²) in [5.74, 6) is 0.374. The van der Waals surface area contributed by atoms with E-state index in [0.29, 0.717) is 10.9 Å². The van der Waals surface area contributed by atoms with Gasteiger partial charge in [-0.1, -0.05) is 12.2 Å². The molecule has 1 unspecified atom stereocenters. The Labute approximate surface area is 116 Å². The summed E-state index contributed by atoms with van der Waals surface area (Å²) >= 11 is 8.53. The first kappa shape index (κ1) is 12.9. The number of pyridine rings is 1. The zero-order valence-electron chi connectivity index (χ0n) is 9.60. The minimum Gasteiger partial charge on any atom is -0.393 e. The van der Waals surface area contributed by atoms with Crippen LogP contribution in [0, 0.1) is 5.92 Å². The summed E-state index contributed by atoms with van der Waals surface area (Å²) < 4.78 is 1.03. The first-order valence-corrected chi connectivity index (χ1v) is 6.96. The van der Waals surface area contributed by atoms with Crippen LogP contribution in [0.4, 0.5) is 0 Å². The number of rotatable bonds is 3. The van der Waals surface area contributed by atoms with Crippen LogP contribution in [0.5, 0.6) is 0 Å². The minimum absolute atomic E-state index is 0.374. The summed E-state index contributed by atoms with van der Waals surface area (Å²) in [6, 6.07) is 2.11. The average molecular weight is 314 g/mol. The van der Waals surface area contributed by atoms with E-state index in [9.17, 15) is 0 Å². The smallest absolute Gasteiger partial charge is 0.0771 e. The Hall–Kier alpha value is -0.520. The molecule has 2 heterocycles. The second kappa shape index (κ2) is 5.89. The van der Waals surface area contributed by atoms with E-state index in [0.717, 1.165) is 30.5 Å². The number of halogens is 1. The number of nitrogens with two attached hydrogens (primary N) is 1. The molecule has 0 aromatic carbocycles. The normalized spacial score (nSPS) is 21.4. The molecule has 1 aliphatic rings. The number of aromatic nitrogens is 1. The molecule has 2 N–H and O–H groups in total. The molecule has 17 heavy (non-hydrogen) atoms. The van der Waals surface area contributed by atoms with Crippen molar-refractivity contribution >= 4 is 33.1 Å². The van der Waals surface area contributed by atoms with E-state index < -0.39 is 0 Å². The second-order valence-corrected chi connectivity index (χ2v) is 5.88. The summed E-state index contributed by atoms with van der Waals surface area (Å²) in [4.78, 5) is 7.23. The Morgan fingerprint density at radius 1 is 1.59 bits per heavy atom. The fourth-order valence-electron chi connectivity index (χ4n) is 2.23. The maximum atomic E-state index is 5.73. The molecular weight excluding hydrogens is 298 g/mol. The predicted molar refractivity (Wildman–Crippen MR) is 76.7 cm³/mol. The quantitative estimate of drug-likeness (QED) is 0.870. The summed E-state index contributed by atoms with van der Waals surface area (Å²) in [6.07, 6.45) is 6.01. The standard InChI is InChI=1S/C12H16BrN3S/c13-11-4-9(5-15-6-11)7-16-3-1-2-10(8-16)12(14)17/h4-6,10H,1-3,7-8H2,(H2,14,17). The highest BCUT2D eigenvalue weighted by Crippen LogP contribution is 2.19. The monoisotopic (exact) mass is 313 g/mol. The van der Waals surface area contributed by atoms with Crippen LogP contribution in [0.3, 0.4) is 0 Å². The van der Waals surface area contributed by atoms with Gasteiger partial charge in [-0.25, -0.2) is 0 Å². The van der Waals surface area contributed by atoms with Crippen molar-refractivity contribution in [3.05, 3.63) is 28.5 Å². The van der Waals surface area contributed by atoms with E-state index in [-0.39, 0.29) is 0 Å². The van der Waals surface area contributed by atoms with Gasteiger partial charge in [0.2, 0.25) is 0 Å². The van der Waals surface area contributed by atoms with Crippen molar-refractivity contribution in [1.82, 2.24) is 9.88 Å². The minimum atomic E-state index is 0.374. The molecule has 0 amide bonds. The van der Waals surface area contributed by atoms with Crippen LogP contribution in [0.15, 0.2) is 22.9 Å². The maximum absolute atomic E-state index is 5.73. The van der Waals surface area contributed by atoms with E-state index in [1.807, 2.05) is 6.20 Å². The van der Waals surface area contributed by atoms with Gasteiger partial charge in [0.25, 0.3) is 0 Å². The average Bonchev–Trinajstić information content (AvgIpc) is 2.29. The highest BCUT2D eigenvalue weighted by Gasteiger charge is 2.21. The number of thiocarbonyl (C=S) groups is 1. The molecule has 1 aliphatic heterocycles. The second-order valence-electron chi connectivity index (χ2n) is 4.49. The zero-order valence-corrected chi connectivity index (χ0v) is 12.0. The molecule has 0 aliphatic carbocycles. The van der Waals surface area contributed by atoms with Gasteiger partial charge in [-0.05, 0) is 46.9 Å². The van der Waals surface area contributed by atoms with Crippen LogP contribution < -0.4 is 5.73 Å². The first-order valence-electron chi connectivity index (χ1n) is 5.76. The molecule has 0 spiro atoms. The summed E-state index contributed by atoms with van der Waals surface area (Å²) in [5.41, 5.74) is 6.96. The molecule has 1 saturated heterocycles. The molecule has 1 fully saturated rings. The number of hydrogen-bond donors (Lipinski definition) is 1. The van der Waals surface area contributed by atoms with Crippen LogP contribution in [0.25, 0.3) is 0 Å². The van der Waals surface area contributed by atoms with Gasteiger partial charge in [0.15, 0.2) is 0 Å². The molecule has 0 radical (unpaired) electrons. The van der Waals surface area contributed by atoms with Crippen molar-refractivity contribution in [1.29, 1.82) is 0 Å². The Morgan fingerprint density at radius 2 is 2.41 bits per heavy atom. The number of piperidine rings is 1. The third kappa shape index (κ3) is 3.72. The Kier molecular flexibility index (Phi) is 4.48. The molecule has 3 nitrogen and oxygen atoms in total. The molecule has 2 rings (SSSR count). The third-order valence-electron chi connectivity index (χ3n) is 3.08. The zero-order chi connectivity index (χ0) is 12.3. The van der Waals surface area contributed by atoms with Crippen LogP contribution >= 0.6 is 28.1 Å². The van der Waals surface area contributed by atoms with Crippen LogP contribution in [-0.2, 0) is 6.54 Å². The molecule has 92 valence electrons. The fraction of sp³-hybridized carbons (Fsp3) is 0.500. The number of hydrogen-bond acceptors (Lipinski definition) is 3. The van der Waals surface area contributed by atoms with Crippen molar-refractivity contribution in [2.75, 3.05) is 13.1 Å². The van der Waals surface area contributed by atoms with Crippen molar-refractivity contribution in [2.45, 2.75) is 19.4 Å². The van der Waals surface area contributed by atoms with Crippen molar-refractivity contribution in [2.24, 2.45) is 11.7 Å². The lowest BCUT2D eigenvalue weighted by Crippen LogP contribution is -2.40. The highest BCUT2D eigenvalue weighted by atomic mass is 79.9. The third-order valence-corrected chi connectivity index (χ3v) is 3.84. The lowest BCUT2D eigenvalue weighted by atomic mass is 9.98. The number of likely N-dealkylation sites (tertiary alicyclic amines) is 1. The molecule has 5 heteroatoms. The Morgan fingerprint density at radius 3 is 3.12 bits per heavy atom. The van der Waals surface area contributed by atoms with Crippen molar-refractivity contribution in [3.8, 4) is 0 Å². The molecule has 1 aromatic rings. The lowest BCUT2D eigenvalue weighted by molar-refractivity contribution is 0.197.